The summed E-state index contributed by atoms with van der Waals surface area (Å²) >= 11 is 3.09. The van der Waals surface area contributed by atoms with E-state index < -0.39 is 0 Å². The van der Waals surface area contributed by atoms with Gasteiger partial charge >= 0.3 is 0 Å². The average molecular weight is 319 g/mol. The van der Waals surface area contributed by atoms with Gasteiger partial charge in [-0.25, -0.2) is 4.39 Å². The minimum Gasteiger partial charge on any atom is -0.397 e. The summed E-state index contributed by atoms with van der Waals surface area (Å²) in [5, 5.41) is 12.1. The van der Waals surface area contributed by atoms with Crippen molar-refractivity contribution < 1.29 is 9.50 Å². The molecule has 0 aromatic heterocycles. The summed E-state index contributed by atoms with van der Waals surface area (Å²) in [6.07, 6.45) is 2.85. The first kappa shape index (κ1) is 15.2. The minimum atomic E-state index is -0.333. The van der Waals surface area contributed by atoms with E-state index in [2.05, 4.69) is 28.2 Å². The molecule has 102 valence electrons. The third-order valence-electron chi connectivity index (χ3n) is 2.91. The van der Waals surface area contributed by atoms with Gasteiger partial charge in [0.15, 0.2) is 0 Å². The van der Waals surface area contributed by atoms with Gasteiger partial charge in [-0.2, -0.15) is 0 Å². The van der Waals surface area contributed by atoms with E-state index in [-0.39, 0.29) is 12.4 Å². The molecule has 0 bridgehead atoms. The Hall–Kier alpha value is -0.810. The third kappa shape index (κ3) is 4.46. The van der Waals surface area contributed by atoms with Crippen molar-refractivity contribution in [1.82, 2.24) is 0 Å². The summed E-state index contributed by atoms with van der Waals surface area (Å²) in [4.78, 5) is 0. The molecule has 0 radical (unpaired) electrons. The standard InChI is InChI=1S/C13H20BrFN2O/c1-2-3-9(4-5-18)8-17-13-7-11(15)10(14)6-12(13)16/h6-7,9,17-18H,2-5,8,16H2,1H3. The van der Waals surface area contributed by atoms with Crippen molar-refractivity contribution in [3.8, 4) is 0 Å². The molecule has 0 saturated carbocycles. The second kappa shape index (κ2) is 7.59. The number of hydrogen-bond acceptors (Lipinski definition) is 3. The Labute approximate surface area is 116 Å². The Morgan fingerprint density at radius 3 is 2.78 bits per heavy atom. The predicted molar refractivity (Wildman–Crippen MR) is 77.1 cm³/mol. The number of benzene rings is 1. The zero-order valence-corrected chi connectivity index (χ0v) is 12.1. The normalized spacial score (nSPS) is 12.4. The van der Waals surface area contributed by atoms with E-state index in [1.807, 2.05) is 0 Å². The average Bonchev–Trinajstić information content (AvgIpc) is 2.32. The van der Waals surface area contributed by atoms with Gasteiger partial charge in [0, 0.05) is 19.2 Å². The molecule has 1 atom stereocenters. The van der Waals surface area contributed by atoms with Gasteiger partial charge in [-0.05, 0) is 40.8 Å². The Morgan fingerprint density at radius 2 is 2.17 bits per heavy atom. The first-order valence-electron chi connectivity index (χ1n) is 6.17. The minimum absolute atomic E-state index is 0.177. The molecule has 0 spiro atoms. The van der Waals surface area contributed by atoms with Crippen molar-refractivity contribution in [2.24, 2.45) is 5.92 Å². The van der Waals surface area contributed by atoms with Crippen LogP contribution >= 0.6 is 15.9 Å². The third-order valence-corrected chi connectivity index (χ3v) is 3.52. The van der Waals surface area contributed by atoms with Crippen LogP contribution in [-0.2, 0) is 0 Å². The molecule has 0 aliphatic heterocycles. The Kier molecular flexibility index (Phi) is 6.43. The summed E-state index contributed by atoms with van der Waals surface area (Å²) in [6, 6.07) is 2.94. The Morgan fingerprint density at radius 1 is 1.44 bits per heavy atom. The van der Waals surface area contributed by atoms with Crippen molar-refractivity contribution >= 4 is 27.3 Å². The highest BCUT2D eigenvalue weighted by Crippen LogP contribution is 2.27. The van der Waals surface area contributed by atoms with E-state index in [1.54, 1.807) is 6.07 Å². The second-order valence-corrected chi connectivity index (χ2v) is 5.26. The fourth-order valence-corrected chi connectivity index (χ4v) is 2.27. The van der Waals surface area contributed by atoms with Gasteiger partial charge in [0.2, 0.25) is 0 Å². The van der Waals surface area contributed by atoms with Crippen LogP contribution in [0.2, 0.25) is 0 Å². The number of hydrogen-bond donors (Lipinski definition) is 3. The maximum absolute atomic E-state index is 13.4. The van der Waals surface area contributed by atoms with Crippen molar-refractivity contribution in [2.75, 3.05) is 24.2 Å². The summed E-state index contributed by atoms with van der Waals surface area (Å²) in [5.74, 6) is 0.0482. The Bertz CT molecular complexity index is 381. The molecule has 0 aliphatic rings. The smallest absolute Gasteiger partial charge is 0.139 e. The lowest BCUT2D eigenvalue weighted by atomic mass is 10.00. The molecule has 1 aromatic rings. The molecule has 0 heterocycles. The zero-order valence-electron chi connectivity index (χ0n) is 10.5. The van der Waals surface area contributed by atoms with Crippen LogP contribution in [0.1, 0.15) is 26.2 Å². The molecule has 18 heavy (non-hydrogen) atoms. The molecule has 0 aliphatic carbocycles. The van der Waals surface area contributed by atoms with Crippen molar-refractivity contribution in [3.05, 3.63) is 22.4 Å². The molecule has 0 fully saturated rings. The maximum atomic E-state index is 13.4. The molecule has 0 amide bonds. The van der Waals surface area contributed by atoms with Crippen LogP contribution in [0.5, 0.6) is 0 Å². The Balaban J connectivity index is 2.64. The molecule has 1 rings (SSSR count). The number of rotatable bonds is 7. The number of nitrogen functional groups attached to an aromatic ring is 1. The van der Waals surface area contributed by atoms with E-state index >= 15 is 0 Å². The van der Waals surface area contributed by atoms with Gasteiger partial charge in [0.25, 0.3) is 0 Å². The number of nitrogens with two attached hydrogens (primary N) is 1. The lowest BCUT2D eigenvalue weighted by molar-refractivity contribution is 0.255. The van der Waals surface area contributed by atoms with E-state index in [9.17, 15) is 4.39 Å². The van der Waals surface area contributed by atoms with Gasteiger partial charge in [-0.3, -0.25) is 0 Å². The van der Waals surface area contributed by atoms with E-state index in [0.29, 0.717) is 28.3 Å². The summed E-state index contributed by atoms with van der Waals surface area (Å²) in [6.45, 7) is 2.98. The van der Waals surface area contributed by atoms with E-state index in [1.165, 1.54) is 6.07 Å². The SMILES string of the molecule is CCCC(CCO)CNc1cc(F)c(Br)cc1N. The summed E-state index contributed by atoms with van der Waals surface area (Å²) in [5.41, 5.74) is 6.94. The van der Waals surface area contributed by atoms with Crippen LogP contribution in [0.25, 0.3) is 0 Å². The molecule has 0 saturated heterocycles. The summed E-state index contributed by atoms with van der Waals surface area (Å²) in [7, 11) is 0. The molecular formula is C13H20BrFN2O. The van der Waals surface area contributed by atoms with Gasteiger partial charge in [-0.15, -0.1) is 0 Å². The molecular weight excluding hydrogens is 299 g/mol. The predicted octanol–water partition coefficient (Wildman–Crippen LogP) is 3.38. The number of nitrogens with one attached hydrogen (secondary N) is 1. The van der Waals surface area contributed by atoms with Crippen molar-refractivity contribution in [2.45, 2.75) is 26.2 Å². The van der Waals surface area contributed by atoms with Crippen LogP contribution in [0.4, 0.5) is 15.8 Å². The fraction of sp³-hybridized carbons (Fsp3) is 0.538. The molecule has 1 aromatic carbocycles. The van der Waals surface area contributed by atoms with Gasteiger partial charge in [0.05, 0.1) is 15.8 Å². The maximum Gasteiger partial charge on any atom is 0.139 e. The first-order valence-corrected chi connectivity index (χ1v) is 6.97. The van der Waals surface area contributed by atoms with E-state index in [0.717, 1.165) is 19.3 Å². The quantitative estimate of drug-likeness (QED) is 0.675. The van der Waals surface area contributed by atoms with Gasteiger partial charge in [0.1, 0.15) is 5.82 Å². The number of aliphatic hydroxyl groups excluding tert-OH is 1. The highest BCUT2D eigenvalue weighted by Gasteiger charge is 2.10. The van der Waals surface area contributed by atoms with Crippen LogP contribution in [-0.4, -0.2) is 18.3 Å². The lowest BCUT2D eigenvalue weighted by Gasteiger charge is -2.17. The number of anilines is 2. The van der Waals surface area contributed by atoms with Gasteiger partial charge < -0.3 is 16.2 Å². The van der Waals surface area contributed by atoms with Crippen LogP contribution in [0, 0.1) is 11.7 Å². The van der Waals surface area contributed by atoms with Crippen LogP contribution < -0.4 is 11.1 Å². The largest absolute Gasteiger partial charge is 0.397 e. The second-order valence-electron chi connectivity index (χ2n) is 4.40. The summed E-state index contributed by atoms with van der Waals surface area (Å²) < 4.78 is 13.8. The van der Waals surface area contributed by atoms with Crippen LogP contribution in [0.3, 0.4) is 0 Å². The molecule has 5 heteroatoms. The monoisotopic (exact) mass is 318 g/mol. The first-order chi connectivity index (χ1) is 8.58. The van der Waals surface area contributed by atoms with Crippen molar-refractivity contribution in [1.29, 1.82) is 0 Å². The van der Waals surface area contributed by atoms with Gasteiger partial charge in [-0.1, -0.05) is 13.3 Å². The molecule has 4 N–H and O–H groups in total. The number of aliphatic hydroxyl groups is 1. The van der Waals surface area contributed by atoms with E-state index in [4.69, 9.17) is 10.8 Å². The van der Waals surface area contributed by atoms with Crippen LogP contribution in [0.15, 0.2) is 16.6 Å². The molecule has 1 unspecified atom stereocenters. The highest BCUT2D eigenvalue weighted by molar-refractivity contribution is 9.10. The lowest BCUT2D eigenvalue weighted by Crippen LogP contribution is -2.16. The number of halogens is 2. The topological polar surface area (TPSA) is 58.3 Å². The fourth-order valence-electron chi connectivity index (χ4n) is 1.91. The van der Waals surface area contributed by atoms with Crippen molar-refractivity contribution in [3.63, 3.8) is 0 Å². The zero-order chi connectivity index (χ0) is 13.5. The molecule has 3 nitrogen and oxygen atoms in total. The highest BCUT2D eigenvalue weighted by atomic mass is 79.9.